The normalized spacial score (nSPS) is 6.14. The van der Waals surface area contributed by atoms with Gasteiger partial charge in [-0.2, -0.15) is 0 Å². The summed E-state index contributed by atoms with van der Waals surface area (Å²) in [7, 11) is -2.89. The molecule has 0 aromatic rings. The molecule has 0 amide bonds. The SMILES string of the molecule is C=C[SiH]([O-])[O-].[Na+].[Na+]. The third-order valence-corrected chi connectivity index (χ3v) is 0.577. The second-order valence-corrected chi connectivity index (χ2v) is 1.81. The van der Waals surface area contributed by atoms with Crippen molar-refractivity contribution >= 4 is 9.28 Å². The Morgan fingerprint density at radius 3 is 1.43 bits per heavy atom. The Balaban J connectivity index is -0.0000000800. The molecule has 0 rings (SSSR count). The van der Waals surface area contributed by atoms with E-state index >= 15 is 0 Å². The minimum Gasteiger partial charge on any atom is -0.869 e. The fourth-order valence-electron chi connectivity index (χ4n) is 0. The van der Waals surface area contributed by atoms with Crippen LogP contribution in [0.3, 0.4) is 0 Å². The van der Waals surface area contributed by atoms with E-state index < -0.39 is 9.28 Å². The number of hydrogen-bond donors (Lipinski definition) is 0. The predicted octanol–water partition coefficient (Wildman–Crippen LogP) is -8.34. The molecule has 7 heavy (non-hydrogen) atoms. The van der Waals surface area contributed by atoms with Crippen molar-refractivity contribution in [1.82, 2.24) is 0 Å². The summed E-state index contributed by atoms with van der Waals surface area (Å²) < 4.78 is 0. The Morgan fingerprint density at radius 1 is 1.29 bits per heavy atom. The fourth-order valence-corrected chi connectivity index (χ4v) is 0. The molecule has 0 heterocycles. The average Bonchev–Trinajstić information content (AvgIpc) is 1.38. The van der Waals surface area contributed by atoms with E-state index in [4.69, 9.17) is 0 Å². The topological polar surface area (TPSA) is 46.1 Å². The summed E-state index contributed by atoms with van der Waals surface area (Å²) in [6.45, 7) is 3.00. The van der Waals surface area contributed by atoms with Gasteiger partial charge in [0.25, 0.3) is 0 Å². The van der Waals surface area contributed by atoms with Gasteiger partial charge in [0.2, 0.25) is 0 Å². The second kappa shape index (κ2) is 10.8. The van der Waals surface area contributed by atoms with Crippen molar-refractivity contribution < 1.29 is 68.7 Å². The van der Waals surface area contributed by atoms with E-state index in [2.05, 4.69) is 6.58 Å². The van der Waals surface area contributed by atoms with Gasteiger partial charge in [0.05, 0.1) is 0 Å². The molecule has 30 valence electrons. The molecular formula is C2H4Na2O2Si. The molecule has 0 aliphatic carbocycles. The minimum atomic E-state index is -2.89. The summed E-state index contributed by atoms with van der Waals surface area (Å²) in [6.07, 6.45) is 0. The molecule has 0 saturated heterocycles. The zero-order valence-corrected chi connectivity index (χ0v) is 9.83. The van der Waals surface area contributed by atoms with Crippen LogP contribution in [0.15, 0.2) is 12.3 Å². The molecule has 0 fully saturated rings. The van der Waals surface area contributed by atoms with Gasteiger partial charge in [-0.3, -0.25) is 0 Å². The van der Waals surface area contributed by atoms with Gasteiger partial charge in [0, 0.05) is 0 Å². The first-order valence-corrected chi connectivity index (χ1v) is 2.82. The van der Waals surface area contributed by atoms with Gasteiger partial charge in [-0.05, 0) is 0 Å². The van der Waals surface area contributed by atoms with E-state index in [1.54, 1.807) is 0 Å². The Hall–Kier alpha value is 1.88. The molecule has 2 nitrogen and oxygen atoms in total. The van der Waals surface area contributed by atoms with Crippen LogP contribution in [0, 0.1) is 0 Å². The zero-order chi connectivity index (χ0) is 4.28. The Kier molecular flexibility index (Phi) is 24.6. The summed E-state index contributed by atoms with van der Waals surface area (Å²) in [5.41, 5.74) is 0.944. The minimum absolute atomic E-state index is 0. The van der Waals surface area contributed by atoms with Crippen LogP contribution in [0.2, 0.25) is 0 Å². The van der Waals surface area contributed by atoms with E-state index in [0.29, 0.717) is 0 Å². The maximum atomic E-state index is 9.36. The molecule has 0 aliphatic heterocycles. The van der Waals surface area contributed by atoms with Crippen LogP contribution in [0.1, 0.15) is 0 Å². The van der Waals surface area contributed by atoms with Crippen molar-refractivity contribution in [2.45, 2.75) is 0 Å². The predicted molar refractivity (Wildman–Crippen MR) is 17.3 cm³/mol. The van der Waals surface area contributed by atoms with Gasteiger partial charge in [0.15, 0.2) is 0 Å². The van der Waals surface area contributed by atoms with Gasteiger partial charge in [-0.1, -0.05) is 0 Å². The van der Waals surface area contributed by atoms with Crippen molar-refractivity contribution in [2.24, 2.45) is 0 Å². The summed E-state index contributed by atoms with van der Waals surface area (Å²) >= 11 is 0. The summed E-state index contributed by atoms with van der Waals surface area (Å²) in [5, 5.41) is 0. The zero-order valence-electron chi connectivity index (χ0n) is 4.68. The van der Waals surface area contributed by atoms with Gasteiger partial charge in [0.1, 0.15) is 0 Å². The summed E-state index contributed by atoms with van der Waals surface area (Å²) in [5.74, 6) is 0. The van der Waals surface area contributed by atoms with Crippen LogP contribution in [0.4, 0.5) is 0 Å². The van der Waals surface area contributed by atoms with Crippen molar-refractivity contribution in [3.8, 4) is 0 Å². The first-order valence-electron chi connectivity index (χ1n) is 1.21. The van der Waals surface area contributed by atoms with E-state index in [-0.39, 0.29) is 59.1 Å². The smallest absolute Gasteiger partial charge is 0.869 e. The van der Waals surface area contributed by atoms with Crippen LogP contribution >= 0.6 is 0 Å². The molecule has 5 heteroatoms. The first-order chi connectivity index (χ1) is 2.27. The average molecular weight is 134 g/mol. The standard InChI is InChI=1S/C2H4O2Si.2Na/c1-2-5(3)4;;/h2,5H,1H2;;/q-2;2*+1. The Morgan fingerprint density at radius 2 is 1.43 bits per heavy atom. The fraction of sp³-hybridized carbons (Fsp3) is 0. The van der Waals surface area contributed by atoms with Crippen LogP contribution < -0.4 is 68.7 Å². The molecule has 0 aromatic carbocycles. The quantitative estimate of drug-likeness (QED) is 0.334. The molecule has 0 aromatic heterocycles. The molecule has 0 N–H and O–H groups in total. The third kappa shape index (κ3) is 18.1. The van der Waals surface area contributed by atoms with E-state index in [1.165, 1.54) is 0 Å². The summed E-state index contributed by atoms with van der Waals surface area (Å²) in [4.78, 5) is 18.7. The van der Waals surface area contributed by atoms with E-state index in [0.717, 1.165) is 5.70 Å². The van der Waals surface area contributed by atoms with Crippen LogP contribution in [-0.4, -0.2) is 9.28 Å². The number of rotatable bonds is 1. The van der Waals surface area contributed by atoms with Crippen molar-refractivity contribution in [3.05, 3.63) is 12.3 Å². The van der Waals surface area contributed by atoms with Crippen LogP contribution in [0.5, 0.6) is 0 Å². The largest absolute Gasteiger partial charge is 1.00 e. The molecular weight excluding hydrogens is 130 g/mol. The van der Waals surface area contributed by atoms with E-state index in [9.17, 15) is 9.59 Å². The Bertz CT molecular complexity index is 40.7. The number of hydrogen-bond acceptors (Lipinski definition) is 2. The molecule has 0 spiro atoms. The van der Waals surface area contributed by atoms with Crippen LogP contribution in [0.25, 0.3) is 0 Å². The van der Waals surface area contributed by atoms with Gasteiger partial charge < -0.3 is 9.59 Å². The second-order valence-electron chi connectivity index (χ2n) is 0.604. The Labute approximate surface area is 89.1 Å². The van der Waals surface area contributed by atoms with E-state index in [1.807, 2.05) is 0 Å². The maximum Gasteiger partial charge on any atom is 1.00 e. The first kappa shape index (κ1) is 15.9. The molecule has 0 aliphatic rings. The molecule has 0 atom stereocenters. The van der Waals surface area contributed by atoms with Gasteiger partial charge >= 0.3 is 59.1 Å². The molecule has 0 saturated carbocycles. The molecule has 0 unspecified atom stereocenters. The van der Waals surface area contributed by atoms with Crippen molar-refractivity contribution in [2.75, 3.05) is 0 Å². The van der Waals surface area contributed by atoms with Gasteiger partial charge in [-0.25, -0.2) is 0 Å². The monoisotopic (exact) mass is 134 g/mol. The summed E-state index contributed by atoms with van der Waals surface area (Å²) in [6, 6.07) is 0. The van der Waals surface area contributed by atoms with Crippen LogP contribution in [-0.2, 0) is 0 Å². The van der Waals surface area contributed by atoms with Gasteiger partial charge in [-0.15, -0.1) is 21.6 Å². The molecule has 0 bridgehead atoms. The third-order valence-electron chi connectivity index (χ3n) is 0.192. The molecule has 0 radical (unpaired) electrons. The van der Waals surface area contributed by atoms with Crippen molar-refractivity contribution in [3.63, 3.8) is 0 Å². The maximum absolute atomic E-state index is 9.36. The van der Waals surface area contributed by atoms with Crippen molar-refractivity contribution in [1.29, 1.82) is 0 Å².